The molecule has 6 atom stereocenters. The first kappa shape index (κ1) is 73.4. The molecule has 0 aromatic heterocycles. The van der Waals surface area contributed by atoms with E-state index >= 15 is 0 Å². The molecule has 0 radical (unpaired) electrons. The molecule has 0 saturated carbocycles. The molecule has 0 bridgehead atoms. The van der Waals surface area contributed by atoms with Crippen molar-refractivity contribution in [2.75, 3.05) is 13.2 Å². The van der Waals surface area contributed by atoms with Gasteiger partial charge >= 0.3 is 23.9 Å². The minimum atomic E-state index is -1.91. The average molecular weight is 1110 g/mol. The lowest BCUT2D eigenvalue weighted by Gasteiger charge is -2.40. The van der Waals surface area contributed by atoms with Crippen LogP contribution in [0.4, 0.5) is 0 Å². The van der Waals surface area contributed by atoms with E-state index in [1.54, 1.807) is 0 Å². The van der Waals surface area contributed by atoms with Crippen LogP contribution in [-0.2, 0) is 42.9 Å². The highest BCUT2D eigenvalue weighted by molar-refractivity contribution is 5.74. The Kier molecular flexibility index (Phi) is 51.1. The molecule has 1 rings (SSSR count). The molecule has 1 aliphatic rings. The number of allylic oxidation sites excluding steroid dienone is 10. The highest BCUT2D eigenvalue weighted by Gasteiger charge is 2.50. The van der Waals surface area contributed by atoms with E-state index in [4.69, 9.17) is 23.7 Å². The molecule has 79 heavy (non-hydrogen) atoms. The maximum atomic E-state index is 13.2. The summed E-state index contributed by atoms with van der Waals surface area (Å²) in [5.74, 6) is -3.13. The van der Waals surface area contributed by atoms with Crippen molar-refractivity contribution in [1.82, 2.24) is 0 Å². The van der Waals surface area contributed by atoms with Gasteiger partial charge in [-0.15, -0.1) is 0 Å². The molecule has 12 heteroatoms. The molecule has 1 heterocycles. The van der Waals surface area contributed by atoms with Crippen molar-refractivity contribution in [1.29, 1.82) is 0 Å². The third-order valence-corrected chi connectivity index (χ3v) is 14.5. The van der Waals surface area contributed by atoms with Gasteiger partial charge in [-0.05, 0) is 109 Å². The first-order valence-corrected chi connectivity index (χ1v) is 32.3. The predicted octanol–water partition coefficient (Wildman–Crippen LogP) is 17.1. The van der Waals surface area contributed by atoms with Crippen molar-refractivity contribution in [3.05, 3.63) is 60.8 Å². The van der Waals surface area contributed by atoms with Crippen LogP contribution >= 0.6 is 0 Å². The first-order chi connectivity index (χ1) is 38.6. The maximum absolute atomic E-state index is 13.2. The highest BCUT2D eigenvalue weighted by Crippen LogP contribution is 2.27. The second-order valence-electron chi connectivity index (χ2n) is 22.0. The summed E-state index contributed by atoms with van der Waals surface area (Å²) >= 11 is 0. The van der Waals surface area contributed by atoms with Crippen LogP contribution < -0.4 is 0 Å². The Labute approximate surface area is 481 Å². The van der Waals surface area contributed by atoms with E-state index in [2.05, 4.69) is 81.5 Å². The second kappa shape index (κ2) is 55.0. The maximum Gasteiger partial charge on any atom is 0.335 e. The Bertz CT molecular complexity index is 1600. The fourth-order valence-corrected chi connectivity index (χ4v) is 9.54. The highest BCUT2D eigenvalue weighted by atomic mass is 16.7. The number of carbonyl (C=O) groups is 4. The average Bonchev–Trinajstić information content (AvgIpc) is 3.47. The number of unbranched alkanes of at least 4 members (excludes halogenated alkanes) is 31. The fourth-order valence-electron chi connectivity index (χ4n) is 9.54. The van der Waals surface area contributed by atoms with Gasteiger partial charge in [-0.25, -0.2) is 4.79 Å². The molecule has 3 N–H and O–H groups in total. The summed E-state index contributed by atoms with van der Waals surface area (Å²) in [4.78, 5) is 51.3. The van der Waals surface area contributed by atoms with E-state index in [1.165, 1.54) is 96.3 Å². The molecule has 0 amide bonds. The van der Waals surface area contributed by atoms with Gasteiger partial charge in [-0.2, -0.15) is 0 Å². The Morgan fingerprint density at radius 3 is 1.18 bits per heavy atom. The molecule has 1 aliphatic heterocycles. The molecule has 0 aromatic rings. The van der Waals surface area contributed by atoms with Gasteiger partial charge in [-0.1, -0.05) is 223 Å². The molecular formula is C67H116O12. The number of aliphatic hydroxyl groups excluding tert-OH is 2. The fraction of sp³-hybridized carbons (Fsp3) is 0.791. The van der Waals surface area contributed by atoms with Crippen molar-refractivity contribution in [2.45, 2.75) is 327 Å². The van der Waals surface area contributed by atoms with Gasteiger partial charge in [0.25, 0.3) is 0 Å². The van der Waals surface area contributed by atoms with Gasteiger partial charge in [-0.3, -0.25) is 14.4 Å². The first-order valence-electron chi connectivity index (χ1n) is 32.3. The number of esters is 3. The number of ether oxygens (including phenoxy) is 5. The Hall–Kier alpha value is -3.58. The standard InChI is InChI=1S/C67H116O12/c1-4-7-10-13-16-19-22-25-28-30-33-35-38-41-44-47-50-53-59(68)75-56-58(77-60(69)54-51-48-45-42-39-36-32-27-24-21-18-15-12-9-6-3)57-76-67-65(63(72)62(71)64(79-67)66(73)74)78-61(70)55-52-49-46-43-40-37-34-31-29-26-23-20-17-14-11-8-5-2/h16-17,19-20,25-29,32,58,62-65,67,71-72H,4-15,18,21-24,30-31,33-57H2,1-3H3,(H,73,74)/b19-16-,20-17-,28-25-,29-26-,32-27-. The minimum Gasteiger partial charge on any atom is -0.479 e. The van der Waals surface area contributed by atoms with Crippen LogP contribution in [0.15, 0.2) is 60.8 Å². The summed E-state index contributed by atoms with van der Waals surface area (Å²) in [6.45, 7) is 5.95. The van der Waals surface area contributed by atoms with Gasteiger partial charge in [0.05, 0.1) is 6.61 Å². The number of aliphatic carboxylic acids is 1. The number of hydrogen-bond donors (Lipinski definition) is 3. The Morgan fingerprint density at radius 1 is 0.418 bits per heavy atom. The van der Waals surface area contributed by atoms with Crippen molar-refractivity contribution >= 4 is 23.9 Å². The van der Waals surface area contributed by atoms with E-state index in [0.717, 1.165) is 135 Å². The van der Waals surface area contributed by atoms with Crippen LogP contribution in [0, 0.1) is 0 Å². The Morgan fingerprint density at radius 2 is 0.759 bits per heavy atom. The van der Waals surface area contributed by atoms with Gasteiger partial charge in [0, 0.05) is 19.3 Å². The summed E-state index contributed by atoms with van der Waals surface area (Å²) in [5, 5.41) is 31.6. The molecule has 0 aromatic carbocycles. The zero-order chi connectivity index (χ0) is 57.5. The van der Waals surface area contributed by atoms with E-state index in [1.807, 2.05) is 0 Å². The van der Waals surface area contributed by atoms with Crippen LogP contribution in [0.3, 0.4) is 0 Å². The minimum absolute atomic E-state index is 0.0500. The summed E-state index contributed by atoms with van der Waals surface area (Å²) in [6.07, 6.45) is 56.0. The van der Waals surface area contributed by atoms with Crippen molar-refractivity contribution in [2.24, 2.45) is 0 Å². The quantitative estimate of drug-likeness (QED) is 0.0228. The molecule has 1 fully saturated rings. The molecular weight excluding hydrogens is 997 g/mol. The monoisotopic (exact) mass is 1110 g/mol. The number of carboxylic acids is 1. The third-order valence-electron chi connectivity index (χ3n) is 14.5. The van der Waals surface area contributed by atoms with Gasteiger partial charge in [0.1, 0.15) is 18.8 Å². The lowest BCUT2D eigenvalue weighted by Crippen LogP contribution is -2.61. The smallest absolute Gasteiger partial charge is 0.335 e. The number of carboxylic acid groups (broad SMARTS) is 1. The predicted molar refractivity (Wildman–Crippen MR) is 322 cm³/mol. The SMILES string of the molecule is CCCCC/C=C\C/C=C\CCCCCCCCCC(=O)OCC(COC1OC(C(=O)O)C(O)C(O)C1OC(=O)CCCCCCCCC/C=C\C/C=C\CCCCC)OC(=O)CCCCCCC/C=C\CCCCCCCC. The lowest BCUT2D eigenvalue weighted by atomic mass is 9.98. The normalized spacial score (nSPS) is 18.2. The van der Waals surface area contributed by atoms with Crippen molar-refractivity contribution < 1.29 is 58.2 Å². The van der Waals surface area contributed by atoms with E-state index < -0.39 is 67.3 Å². The molecule has 12 nitrogen and oxygen atoms in total. The van der Waals surface area contributed by atoms with Crippen molar-refractivity contribution in [3.63, 3.8) is 0 Å². The van der Waals surface area contributed by atoms with Crippen LogP contribution in [0.5, 0.6) is 0 Å². The molecule has 456 valence electrons. The van der Waals surface area contributed by atoms with Gasteiger partial charge in [0.15, 0.2) is 24.6 Å². The summed E-state index contributed by atoms with van der Waals surface area (Å²) in [6, 6.07) is 0. The van der Waals surface area contributed by atoms with Crippen molar-refractivity contribution in [3.8, 4) is 0 Å². The van der Waals surface area contributed by atoms with Gasteiger partial charge in [0.2, 0.25) is 0 Å². The molecule has 0 aliphatic carbocycles. The topological polar surface area (TPSA) is 175 Å². The van der Waals surface area contributed by atoms with Crippen LogP contribution in [0.2, 0.25) is 0 Å². The number of carbonyl (C=O) groups excluding carboxylic acids is 3. The molecule has 0 spiro atoms. The largest absolute Gasteiger partial charge is 0.479 e. The van der Waals surface area contributed by atoms with Crippen LogP contribution in [0.25, 0.3) is 0 Å². The zero-order valence-electron chi connectivity index (χ0n) is 50.4. The van der Waals surface area contributed by atoms with E-state index in [0.29, 0.717) is 19.3 Å². The summed E-state index contributed by atoms with van der Waals surface area (Å²) < 4.78 is 28.5. The van der Waals surface area contributed by atoms with E-state index in [-0.39, 0.29) is 25.9 Å². The second-order valence-corrected chi connectivity index (χ2v) is 22.0. The van der Waals surface area contributed by atoms with Crippen LogP contribution in [-0.4, -0.2) is 89.2 Å². The molecule has 1 saturated heterocycles. The van der Waals surface area contributed by atoms with Crippen LogP contribution in [0.1, 0.15) is 290 Å². The number of rotatable bonds is 55. The van der Waals surface area contributed by atoms with Gasteiger partial charge < -0.3 is 39.0 Å². The van der Waals surface area contributed by atoms with E-state index in [9.17, 15) is 34.5 Å². The lowest BCUT2D eigenvalue weighted by molar-refractivity contribution is -0.301. The Balaban J connectivity index is 2.67. The third kappa shape index (κ3) is 44.7. The number of aliphatic hydroxyl groups is 2. The zero-order valence-corrected chi connectivity index (χ0v) is 50.4. The summed E-state index contributed by atoms with van der Waals surface area (Å²) in [5.41, 5.74) is 0. The molecule has 6 unspecified atom stereocenters. The number of hydrogen-bond acceptors (Lipinski definition) is 11. The summed E-state index contributed by atoms with van der Waals surface area (Å²) in [7, 11) is 0.